The summed E-state index contributed by atoms with van der Waals surface area (Å²) in [5.74, 6) is 0.449. The number of fused-ring (bicyclic) bond motifs is 1. The van der Waals surface area contributed by atoms with Gasteiger partial charge in [-0.05, 0) is 67.0 Å². The van der Waals surface area contributed by atoms with Gasteiger partial charge in [0, 0.05) is 31.9 Å². The van der Waals surface area contributed by atoms with Crippen LogP contribution in [-0.2, 0) is 19.3 Å². The van der Waals surface area contributed by atoms with Gasteiger partial charge in [0.2, 0.25) is 0 Å². The number of guanidine groups is 1. The SMILES string of the molecule is CN(C)C(=O)c1cccc(CCN=C(N)Nc2cccc3c2CCCC3)c1. The number of aliphatic imine (C=N–C) groups is 1. The minimum absolute atomic E-state index is 0.00961. The Hall–Kier alpha value is -2.82. The molecule has 3 N–H and O–H groups in total. The molecule has 0 unspecified atom stereocenters. The maximum Gasteiger partial charge on any atom is 0.253 e. The van der Waals surface area contributed by atoms with Gasteiger partial charge in [0.1, 0.15) is 0 Å². The number of anilines is 1. The summed E-state index contributed by atoms with van der Waals surface area (Å²) in [7, 11) is 3.52. The monoisotopic (exact) mass is 364 g/mol. The number of amides is 1. The van der Waals surface area contributed by atoms with Crippen molar-refractivity contribution in [3.05, 3.63) is 64.7 Å². The van der Waals surface area contributed by atoms with Crippen LogP contribution in [-0.4, -0.2) is 37.4 Å². The molecule has 0 heterocycles. The molecule has 1 aliphatic rings. The molecule has 0 saturated carbocycles. The van der Waals surface area contributed by atoms with E-state index in [1.165, 1.54) is 24.0 Å². The Kier molecular flexibility index (Phi) is 6.12. The third kappa shape index (κ3) is 4.88. The van der Waals surface area contributed by atoms with E-state index >= 15 is 0 Å². The van der Waals surface area contributed by atoms with Crippen LogP contribution in [0.1, 0.15) is 39.9 Å². The molecule has 27 heavy (non-hydrogen) atoms. The number of hydrogen-bond donors (Lipinski definition) is 2. The molecule has 0 radical (unpaired) electrons. The van der Waals surface area contributed by atoms with E-state index in [2.05, 4.69) is 28.5 Å². The van der Waals surface area contributed by atoms with Crippen LogP contribution in [0, 0.1) is 0 Å². The lowest BCUT2D eigenvalue weighted by Gasteiger charge is -2.19. The van der Waals surface area contributed by atoms with Crippen molar-refractivity contribution in [2.45, 2.75) is 32.1 Å². The van der Waals surface area contributed by atoms with Gasteiger partial charge in [0.05, 0.1) is 0 Å². The predicted molar refractivity (Wildman–Crippen MR) is 111 cm³/mol. The van der Waals surface area contributed by atoms with E-state index in [0.29, 0.717) is 18.1 Å². The Balaban J connectivity index is 1.61. The predicted octanol–water partition coefficient (Wildman–Crippen LogP) is 3.24. The zero-order chi connectivity index (χ0) is 19.2. The van der Waals surface area contributed by atoms with Crippen LogP contribution >= 0.6 is 0 Å². The number of nitrogens with two attached hydrogens (primary N) is 1. The maximum atomic E-state index is 12.1. The van der Waals surface area contributed by atoms with Crippen molar-refractivity contribution in [1.29, 1.82) is 0 Å². The molecule has 2 aromatic carbocycles. The second-order valence-electron chi connectivity index (χ2n) is 7.19. The highest BCUT2D eigenvalue weighted by Crippen LogP contribution is 2.27. The molecule has 3 rings (SSSR count). The molecule has 0 aliphatic heterocycles. The molecule has 5 nitrogen and oxygen atoms in total. The quantitative estimate of drug-likeness (QED) is 0.632. The van der Waals surface area contributed by atoms with Crippen molar-refractivity contribution in [2.24, 2.45) is 10.7 Å². The molecule has 1 amide bonds. The first kappa shape index (κ1) is 19.0. The third-order valence-electron chi connectivity index (χ3n) is 4.92. The van der Waals surface area contributed by atoms with E-state index in [-0.39, 0.29) is 5.91 Å². The average Bonchev–Trinajstić information content (AvgIpc) is 2.68. The van der Waals surface area contributed by atoms with E-state index in [1.54, 1.807) is 19.0 Å². The van der Waals surface area contributed by atoms with Gasteiger partial charge in [-0.1, -0.05) is 24.3 Å². The maximum absolute atomic E-state index is 12.1. The Labute approximate surface area is 161 Å². The fourth-order valence-corrected chi connectivity index (χ4v) is 3.50. The molecule has 0 saturated heterocycles. The van der Waals surface area contributed by atoms with Gasteiger partial charge in [0.15, 0.2) is 5.96 Å². The lowest BCUT2D eigenvalue weighted by molar-refractivity contribution is 0.0827. The highest BCUT2D eigenvalue weighted by molar-refractivity contribution is 5.94. The summed E-state index contributed by atoms with van der Waals surface area (Å²) in [6, 6.07) is 14.0. The second kappa shape index (κ2) is 8.71. The van der Waals surface area contributed by atoms with Crippen molar-refractivity contribution < 1.29 is 4.79 Å². The number of nitrogens with one attached hydrogen (secondary N) is 1. The van der Waals surface area contributed by atoms with Crippen LogP contribution in [0.5, 0.6) is 0 Å². The summed E-state index contributed by atoms with van der Waals surface area (Å²) in [5.41, 5.74) is 11.7. The van der Waals surface area contributed by atoms with E-state index < -0.39 is 0 Å². The number of aryl methyl sites for hydroxylation is 1. The summed E-state index contributed by atoms with van der Waals surface area (Å²) >= 11 is 0. The first-order chi connectivity index (χ1) is 13.0. The van der Waals surface area contributed by atoms with E-state index in [4.69, 9.17) is 5.73 Å². The van der Waals surface area contributed by atoms with E-state index in [1.807, 2.05) is 24.3 Å². The van der Waals surface area contributed by atoms with Gasteiger partial charge < -0.3 is 16.0 Å². The van der Waals surface area contributed by atoms with Crippen LogP contribution in [0.15, 0.2) is 47.5 Å². The van der Waals surface area contributed by atoms with Crippen LogP contribution < -0.4 is 11.1 Å². The van der Waals surface area contributed by atoms with Crippen LogP contribution in [0.25, 0.3) is 0 Å². The van der Waals surface area contributed by atoms with Gasteiger partial charge in [-0.15, -0.1) is 0 Å². The average molecular weight is 364 g/mol. The summed E-state index contributed by atoms with van der Waals surface area (Å²) in [6.45, 7) is 0.577. The largest absolute Gasteiger partial charge is 0.370 e. The van der Waals surface area contributed by atoms with Crippen LogP contribution in [0.3, 0.4) is 0 Å². The fourth-order valence-electron chi connectivity index (χ4n) is 3.50. The zero-order valence-electron chi connectivity index (χ0n) is 16.2. The molecule has 0 aromatic heterocycles. The van der Waals surface area contributed by atoms with E-state index in [9.17, 15) is 4.79 Å². The van der Waals surface area contributed by atoms with Crippen LogP contribution in [0.2, 0.25) is 0 Å². The zero-order valence-corrected chi connectivity index (χ0v) is 16.2. The first-order valence-electron chi connectivity index (χ1n) is 9.53. The molecule has 0 atom stereocenters. The van der Waals surface area contributed by atoms with Crippen molar-refractivity contribution in [3.8, 4) is 0 Å². The van der Waals surface area contributed by atoms with E-state index in [0.717, 1.165) is 30.5 Å². The highest BCUT2D eigenvalue weighted by Gasteiger charge is 2.13. The minimum Gasteiger partial charge on any atom is -0.370 e. The number of nitrogens with zero attached hydrogens (tertiary/aromatic N) is 2. The first-order valence-corrected chi connectivity index (χ1v) is 9.53. The lowest BCUT2D eigenvalue weighted by Crippen LogP contribution is -2.24. The minimum atomic E-state index is 0.00961. The number of benzene rings is 2. The molecule has 0 fully saturated rings. The Bertz CT molecular complexity index is 842. The van der Waals surface area contributed by atoms with Gasteiger partial charge in [0.25, 0.3) is 5.91 Å². The van der Waals surface area contributed by atoms with Gasteiger partial charge in [-0.2, -0.15) is 0 Å². The van der Waals surface area contributed by atoms with Crippen molar-refractivity contribution in [3.63, 3.8) is 0 Å². The summed E-state index contributed by atoms with van der Waals surface area (Å²) in [5, 5.41) is 3.27. The topological polar surface area (TPSA) is 70.7 Å². The third-order valence-corrected chi connectivity index (χ3v) is 4.92. The molecule has 142 valence electrons. The standard InChI is InChI=1S/C22H28N4O/c1-26(2)21(27)18-10-5-7-16(15-18)13-14-24-22(23)25-20-12-6-9-17-8-3-4-11-19(17)20/h5-7,9-10,12,15H,3-4,8,11,13-14H2,1-2H3,(H3,23,24,25). The summed E-state index contributed by atoms with van der Waals surface area (Å²) in [6.07, 6.45) is 5.46. The Morgan fingerprint density at radius 2 is 1.93 bits per heavy atom. The molecule has 0 spiro atoms. The lowest BCUT2D eigenvalue weighted by atomic mass is 9.90. The molecule has 5 heteroatoms. The highest BCUT2D eigenvalue weighted by atomic mass is 16.2. The number of carbonyl (C=O) groups is 1. The number of carbonyl (C=O) groups excluding carboxylic acids is 1. The Morgan fingerprint density at radius 1 is 1.15 bits per heavy atom. The molecular formula is C22H28N4O. The fraction of sp³-hybridized carbons (Fsp3) is 0.364. The molecule has 2 aromatic rings. The second-order valence-corrected chi connectivity index (χ2v) is 7.19. The smallest absolute Gasteiger partial charge is 0.253 e. The normalized spacial score (nSPS) is 13.8. The number of hydrogen-bond acceptors (Lipinski definition) is 2. The number of rotatable bonds is 5. The van der Waals surface area contributed by atoms with Crippen molar-refractivity contribution >= 4 is 17.6 Å². The molecule has 1 aliphatic carbocycles. The van der Waals surface area contributed by atoms with Gasteiger partial charge in [-0.25, -0.2) is 0 Å². The summed E-state index contributed by atoms with van der Waals surface area (Å²) < 4.78 is 0. The van der Waals surface area contributed by atoms with Crippen molar-refractivity contribution in [1.82, 2.24) is 4.90 Å². The Morgan fingerprint density at radius 3 is 2.74 bits per heavy atom. The summed E-state index contributed by atoms with van der Waals surface area (Å²) in [4.78, 5) is 18.1. The molecule has 0 bridgehead atoms. The van der Waals surface area contributed by atoms with Crippen LogP contribution in [0.4, 0.5) is 5.69 Å². The van der Waals surface area contributed by atoms with Crippen molar-refractivity contribution in [2.75, 3.05) is 26.0 Å². The van der Waals surface area contributed by atoms with Gasteiger partial charge >= 0.3 is 0 Å². The molecular weight excluding hydrogens is 336 g/mol. The van der Waals surface area contributed by atoms with Gasteiger partial charge in [-0.3, -0.25) is 9.79 Å².